The summed E-state index contributed by atoms with van der Waals surface area (Å²) in [5.74, 6) is 2.13. The summed E-state index contributed by atoms with van der Waals surface area (Å²) in [6.07, 6.45) is 2.59. The van der Waals surface area contributed by atoms with Crippen molar-refractivity contribution in [2.75, 3.05) is 26.0 Å². The Morgan fingerprint density at radius 2 is 1.88 bits per heavy atom. The molecule has 2 fully saturated rings. The van der Waals surface area contributed by atoms with Crippen molar-refractivity contribution >= 4 is 16.9 Å². The minimum atomic E-state index is 0.318. The van der Waals surface area contributed by atoms with Gasteiger partial charge in [0.2, 0.25) is 5.88 Å². The number of aryl methyl sites for hydroxylation is 2. The van der Waals surface area contributed by atoms with Crippen LogP contribution in [0.2, 0.25) is 0 Å². The van der Waals surface area contributed by atoms with Gasteiger partial charge < -0.3 is 19.8 Å². The van der Waals surface area contributed by atoms with Crippen molar-refractivity contribution in [2.24, 2.45) is 7.05 Å². The Bertz CT molecular complexity index is 1370. The number of aromatic nitrogens is 4. The highest BCUT2D eigenvalue weighted by Gasteiger charge is 2.45. The van der Waals surface area contributed by atoms with Crippen molar-refractivity contribution in [1.82, 2.24) is 24.4 Å². The van der Waals surface area contributed by atoms with Crippen LogP contribution in [-0.2, 0) is 11.8 Å². The predicted octanol–water partition coefficient (Wildman–Crippen LogP) is 3.90. The van der Waals surface area contributed by atoms with E-state index in [4.69, 9.17) is 15.2 Å². The summed E-state index contributed by atoms with van der Waals surface area (Å²) in [4.78, 5) is 15.8. The minimum absolute atomic E-state index is 0.318. The topological polar surface area (TPSA) is 91.3 Å². The first-order valence-electron chi connectivity index (χ1n) is 11.6. The predicted molar refractivity (Wildman–Crippen MR) is 131 cm³/mol. The maximum Gasteiger partial charge on any atom is 0.219 e. The van der Waals surface area contributed by atoms with E-state index in [1.54, 1.807) is 6.33 Å². The lowest BCUT2D eigenvalue weighted by Gasteiger charge is -2.32. The molecule has 0 saturated carbocycles. The van der Waals surface area contributed by atoms with Crippen molar-refractivity contribution in [3.05, 3.63) is 60.2 Å². The van der Waals surface area contributed by atoms with Gasteiger partial charge in [-0.2, -0.15) is 0 Å². The van der Waals surface area contributed by atoms with Crippen LogP contribution in [-0.4, -0.2) is 56.8 Å². The number of hydrogen-bond donors (Lipinski definition) is 1. The number of fused-ring (bicyclic) bond motifs is 3. The average molecular weight is 457 g/mol. The molecule has 2 saturated heterocycles. The van der Waals surface area contributed by atoms with E-state index in [-0.39, 0.29) is 0 Å². The van der Waals surface area contributed by atoms with Crippen LogP contribution in [0.25, 0.3) is 22.2 Å². The molecule has 0 radical (unpaired) electrons. The van der Waals surface area contributed by atoms with Crippen LogP contribution >= 0.6 is 0 Å². The Morgan fingerprint density at radius 1 is 1.06 bits per heavy atom. The van der Waals surface area contributed by atoms with E-state index in [0.29, 0.717) is 29.7 Å². The lowest BCUT2D eigenvalue weighted by molar-refractivity contribution is -0.00309. The molecule has 1 aromatic carbocycles. The number of rotatable bonds is 4. The highest BCUT2D eigenvalue weighted by Crippen LogP contribution is 2.47. The molecule has 3 unspecified atom stereocenters. The molecule has 2 N–H and O–H groups in total. The van der Waals surface area contributed by atoms with Gasteiger partial charge in [0.25, 0.3) is 0 Å². The summed E-state index contributed by atoms with van der Waals surface area (Å²) in [7, 11) is 4.29. The van der Waals surface area contributed by atoms with Crippen LogP contribution in [0, 0.1) is 6.92 Å². The summed E-state index contributed by atoms with van der Waals surface area (Å²) >= 11 is 0. The number of pyridine rings is 1. The van der Waals surface area contributed by atoms with Crippen molar-refractivity contribution in [1.29, 1.82) is 0 Å². The Labute approximate surface area is 198 Å². The lowest BCUT2D eigenvalue weighted by atomic mass is 9.90. The number of likely N-dealkylation sites (N-methyl/N-ethyl adjacent to an activating group) is 1. The van der Waals surface area contributed by atoms with Gasteiger partial charge in [-0.3, -0.25) is 4.90 Å². The van der Waals surface area contributed by atoms with Crippen LogP contribution in [0.5, 0.6) is 11.6 Å². The SMILES string of the molecule is Cc1cccc(Oc2ccc(-c3c(C4CC5COCC4N5C)n(C)c4ncnc(N)c34)cc2)n1. The van der Waals surface area contributed by atoms with Crippen molar-refractivity contribution in [3.8, 4) is 22.8 Å². The molecule has 2 aliphatic heterocycles. The van der Waals surface area contributed by atoms with E-state index >= 15 is 0 Å². The van der Waals surface area contributed by atoms with Crippen molar-refractivity contribution in [3.63, 3.8) is 0 Å². The van der Waals surface area contributed by atoms with Gasteiger partial charge in [0.15, 0.2) is 0 Å². The van der Waals surface area contributed by atoms with Crippen LogP contribution in [0.15, 0.2) is 48.8 Å². The fourth-order valence-electron chi connectivity index (χ4n) is 5.61. The zero-order chi connectivity index (χ0) is 23.4. The summed E-state index contributed by atoms with van der Waals surface area (Å²) in [6, 6.07) is 14.6. The average Bonchev–Trinajstić information content (AvgIpc) is 3.18. The second-order valence-corrected chi connectivity index (χ2v) is 9.29. The first-order chi connectivity index (χ1) is 16.5. The second kappa shape index (κ2) is 8.07. The number of nitrogens with two attached hydrogens (primary N) is 1. The molecular formula is C26H28N6O2. The summed E-state index contributed by atoms with van der Waals surface area (Å²) in [5.41, 5.74) is 11.6. The Kier molecular flexibility index (Phi) is 5.00. The summed E-state index contributed by atoms with van der Waals surface area (Å²) < 4.78 is 14.1. The molecule has 8 nitrogen and oxygen atoms in total. The van der Waals surface area contributed by atoms with Gasteiger partial charge in [-0.1, -0.05) is 18.2 Å². The number of anilines is 1. The number of morpholine rings is 1. The fraction of sp³-hybridized carbons (Fsp3) is 0.346. The molecule has 174 valence electrons. The first-order valence-corrected chi connectivity index (χ1v) is 11.6. The molecule has 34 heavy (non-hydrogen) atoms. The van der Waals surface area contributed by atoms with Gasteiger partial charge >= 0.3 is 0 Å². The Balaban J connectivity index is 1.46. The smallest absolute Gasteiger partial charge is 0.219 e. The lowest BCUT2D eigenvalue weighted by Crippen LogP contribution is -2.44. The number of nitrogen functional groups attached to an aromatic ring is 1. The van der Waals surface area contributed by atoms with E-state index < -0.39 is 0 Å². The number of ether oxygens (including phenoxy) is 2. The molecule has 5 heterocycles. The zero-order valence-corrected chi connectivity index (χ0v) is 19.6. The monoisotopic (exact) mass is 456 g/mol. The molecule has 0 amide bonds. The molecule has 0 spiro atoms. The fourth-order valence-corrected chi connectivity index (χ4v) is 5.61. The highest BCUT2D eigenvalue weighted by atomic mass is 16.5. The number of benzene rings is 1. The molecule has 3 atom stereocenters. The number of nitrogens with zero attached hydrogens (tertiary/aromatic N) is 5. The molecule has 2 bridgehead atoms. The molecular weight excluding hydrogens is 428 g/mol. The van der Waals surface area contributed by atoms with E-state index in [2.05, 4.69) is 50.6 Å². The third-order valence-electron chi connectivity index (χ3n) is 7.31. The highest BCUT2D eigenvalue weighted by molar-refractivity contribution is 6.02. The second-order valence-electron chi connectivity index (χ2n) is 9.29. The van der Waals surface area contributed by atoms with E-state index in [1.807, 2.05) is 37.3 Å². The standard InChI is InChI=1S/C26H28N6O2/c1-15-5-4-6-21(30-15)34-18-9-7-16(8-10-18)22-23-25(27)28-14-29-26(23)32(3)24(22)19-11-17-12-33-13-20(19)31(17)2/h4-10,14,17,19-20H,11-13H2,1-3H3,(H2,27,28,29). The normalized spacial score (nSPS) is 22.4. The molecule has 3 aromatic heterocycles. The maximum atomic E-state index is 6.42. The van der Waals surface area contributed by atoms with Gasteiger partial charge in [-0.15, -0.1) is 0 Å². The molecule has 6 rings (SSSR count). The van der Waals surface area contributed by atoms with E-state index in [1.165, 1.54) is 5.69 Å². The van der Waals surface area contributed by atoms with Crippen LogP contribution in [0.1, 0.15) is 23.7 Å². The quantitative estimate of drug-likeness (QED) is 0.498. The summed E-state index contributed by atoms with van der Waals surface area (Å²) in [6.45, 7) is 3.46. The molecule has 8 heteroatoms. The molecule has 2 aliphatic rings. The number of hydrogen-bond acceptors (Lipinski definition) is 7. The van der Waals surface area contributed by atoms with Crippen molar-refractivity contribution in [2.45, 2.75) is 31.3 Å². The van der Waals surface area contributed by atoms with Crippen LogP contribution < -0.4 is 10.5 Å². The van der Waals surface area contributed by atoms with E-state index in [9.17, 15) is 0 Å². The van der Waals surface area contributed by atoms with Gasteiger partial charge in [0.05, 0.1) is 18.6 Å². The first kappa shape index (κ1) is 21.1. The third-order valence-corrected chi connectivity index (χ3v) is 7.31. The van der Waals surface area contributed by atoms with Gasteiger partial charge in [-0.25, -0.2) is 15.0 Å². The van der Waals surface area contributed by atoms with E-state index in [0.717, 1.165) is 53.2 Å². The van der Waals surface area contributed by atoms with Crippen LogP contribution in [0.4, 0.5) is 5.82 Å². The third kappa shape index (κ3) is 3.33. The zero-order valence-electron chi connectivity index (χ0n) is 19.6. The molecule has 0 aliphatic carbocycles. The maximum absolute atomic E-state index is 6.42. The largest absolute Gasteiger partial charge is 0.439 e. The van der Waals surface area contributed by atoms with Gasteiger partial charge in [-0.05, 0) is 44.2 Å². The Morgan fingerprint density at radius 3 is 2.65 bits per heavy atom. The van der Waals surface area contributed by atoms with Crippen LogP contribution in [0.3, 0.4) is 0 Å². The Hall–Kier alpha value is -3.49. The minimum Gasteiger partial charge on any atom is -0.439 e. The van der Waals surface area contributed by atoms with Crippen molar-refractivity contribution < 1.29 is 9.47 Å². The molecule has 4 aromatic rings. The van der Waals surface area contributed by atoms with Gasteiger partial charge in [0.1, 0.15) is 23.5 Å². The van der Waals surface area contributed by atoms with Gasteiger partial charge in [0, 0.05) is 48.1 Å². The summed E-state index contributed by atoms with van der Waals surface area (Å²) in [5, 5.41) is 0.902.